The number of rotatable bonds is 7. The summed E-state index contributed by atoms with van der Waals surface area (Å²) < 4.78 is 31.8. The quantitative estimate of drug-likeness (QED) is 0.657. The lowest BCUT2D eigenvalue weighted by molar-refractivity contribution is -0.130. The number of carbonyl (C=O) groups is 2. The molecule has 2 amide bonds. The monoisotopic (exact) mass is 460 g/mol. The Morgan fingerprint density at radius 1 is 0.969 bits per heavy atom. The van der Waals surface area contributed by atoms with Gasteiger partial charge in [-0.25, -0.2) is 13.2 Å². The molecule has 1 aliphatic heterocycles. The Kier molecular flexibility index (Phi) is 7.70. The molecule has 9 nitrogen and oxygen atoms in total. The van der Waals surface area contributed by atoms with Gasteiger partial charge in [-0.15, -0.1) is 0 Å². The first-order valence-electron chi connectivity index (χ1n) is 10.4. The zero-order valence-corrected chi connectivity index (χ0v) is 19.0. The Balaban J connectivity index is 1.54. The summed E-state index contributed by atoms with van der Waals surface area (Å²) in [5.74, 6) is -0.120. The van der Waals surface area contributed by atoms with Crippen molar-refractivity contribution in [2.45, 2.75) is 18.7 Å². The molecule has 0 spiro atoms. The molecule has 0 aliphatic carbocycles. The van der Waals surface area contributed by atoms with Crippen LogP contribution in [0.25, 0.3) is 0 Å². The van der Waals surface area contributed by atoms with E-state index in [-0.39, 0.29) is 37.0 Å². The van der Waals surface area contributed by atoms with Crippen molar-refractivity contribution in [3.8, 4) is 0 Å². The lowest BCUT2D eigenvalue weighted by atomic mass is 10.1. The number of sulfonamides is 1. The topological polar surface area (TPSA) is 108 Å². The number of nitrogens with zero attached hydrogens (tertiary/aromatic N) is 2. The van der Waals surface area contributed by atoms with Gasteiger partial charge in [0.2, 0.25) is 15.9 Å². The highest BCUT2D eigenvalue weighted by Crippen LogP contribution is 2.23. The third-order valence-corrected chi connectivity index (χ3v) is 7.16. The zero-order valence-electron chi connectivity index (χ0n) is 18.2. The van der Waals surface area contributed by atoms with E-state index in [0.717, 1.165) is 11.3 Å². The smallest absolute Gasteiger partial charge is 0.411 e. The molecule has 1 aliphatic rings. The third kappa shape index (κ3) is 5.57. The first-order chi connectivity index (χ1) is 15.3. The van der Waals surface area contributed by atoms with Crippen molar-refractivity contribution in [1.29, 1.82) is 0 Å². The predicted octanol–water partition coefficient (Wildman–Crippen LogP) is 2.51. The fourth-order valence-electron chi connectivity index (χ4n) is 3.44. The van der Waals surface area contributed by atoms with Crippen LogP contribution in [-0.4, -0.2) is 69.0 Å². The summed E-state index contributed by atoms with van der Waals surface area (Å²) in [5, 5.41) is 5.78. The van der Waals surface area contributed by atoms with Crippen molar-refractivity contribution in [3.63, 3.8) is 0 Å². The molecule has 3 rings (SSSR count). The fourth-order valence-corrected chi connectivity index (χ4v) is 4.88. The van der Waals surface area contributed by atoms with Gasteiger partial charge in [0.05, 0.1) is 18.0 Å². The maximum atomic E-state index is 12.7. The van der Waals surface area contributed by atoms with E-state index in [0.29, 0.717) is 18.8 Å². The molecule has 1 fully saturated rings. The molecule has 1 saturated heterocycles. The van der Waals surface area contributed by atoms with E-state index in [2.05, 4.69) is 10.6 Å². The molecule has 0 aromatic heterocycles. The zero-order chi connectivity index (χ0) is 23.1. The van der Waals surface area contributed by atoms with Crippen LogP contribution < -0.4 is 10.6 Å². The van der Waals surface area contributed by atoms with Crippen LogP contribution in [0.15, 0.2) is 53.4 Å². The van der Waals surface area contributed by atoms with Gasteiger partial charge in [-0.2, -0.15) is 4.31 Å². The van der Waals surface area contributed by atoms with Gasteiger partial charge in [0.15, 0.2) is 0 Å². The Labute approximate surface area is 188 Å². The average molecular weight is 461 g/mol. The Bertz CT molecular complexity index is 1050. The van der Waals surface area contributed by atoms with E-state index in [9.17, 15) is 18.0 Å². The van der Waals surface area contributed by atoms with E-state index in [1.807, 2.05) is 13.0 Å². The SMILES string of the molecule is CCOC(=O)Nc1cccc(NCC(=O)N2CCN(S(=O)(=O)c3ccccc3)CC2)c1C. The van der Waals surface area contributed by atoms with Gasteiger partial charge in [-0.05, 0) is 43.7 Å². The summed E-state index contributed by atoms with van der Waals surface area (Å²) in [5.41, 5.74) is 2.10. The third-order valence-electron chi connectivity index (χ3n) is 5.25. The molecule has 0 saturated carbocycles. The first kappa shape index (κ1) is 23.6. The van der Waals surface area contributed by atoms with Gasteiger partial charge < -0.3 is 15.0 Å². The summed E-state index contributed by atoms with van der Waals surface area (Å²) in [6, 6.07) is 13.7. The summed E-state index contributed by atoms with van der Waals surface area (Å²) in [6.45, 7) is 5.06. The van der Waals surface area contributed by atoms with E-state index < -0.39 is 16.1 Å². The van der Waals surface area contributed by atoms with Crippen molar-refractivity contribution >= 4 is 33.4 Å². The normalized spacial score (nSPS) is 14.6. The highest BCUT2D eigenvalue weighted by molar-refractivity contribution is 7.89. The second-order valence-corrected chi connectivity index (χ2v) is 9.21. The standard InChI is InChI=1S/C22H28N4O5S/c1-3-31-22(28)24-20-11-7-10-19(17(20)2)23-16-21(27)25-12-14-26(15-13-25)32(29,30)18-8-5-4-6-9-18/h4-11,23H,3,12-16H2,1-2H3,(H,24,28). The summed E-state index contributed by atoms with van der Waals surface area (Å²) in [7, 11) is -3.56. The number of carbonyl (C=O) groups excluding carboxylic acids is 2. The molecule has 0 unspecified atom stereocenters. The van der Waals surface area contributed by atoms with E-state index in [1.54, 1.807) is 54.3 Å². The van der Waals surface area contributed by atoms with Crippen molar-refractivity contribution in [2.24, 2.45) is 0 Å². The number of anilines is 2. The van der Waals surface area contributed by atoms with Crippen molar-refractivity contribution < 1.29 is 22.7 Å². The Morgan fingerprint density at radius 2 is 1.62 bits per heavy atom. The minimum atomic E-state index is -3.56. The molecule has 172 valence electrons. The number of amides is 2. The van der Waals surface area contributed by atoms with Crippen molar-refractivity contribution in [1.82, 2.24) is 9.21 Å². The number of piperazine rings is 1. The Morgan fingerprint density at radius 3 is 2.28 bits per heavy atom. The van der Waals surface area contributed by atoms with Crippen LogP contribution in [-0.2, 0) is 19.6 Å². The minimum absolute atomic E-state index is 0.0646. The minimum Gasteiger partial charge on any atom is -0.450 e. The molecule has 0 bridgehead atoms. The van der Waals surface area contributed by atoms with Crippen LogP contribution in [0.4, 0.5) is 16.2 Å². The van der Waals surface area contributed by atoms with Gasteiger partial charge in [0, 0.05) is 37.6 Å². The molecule has 0 atom stereocenters. The average Bonchev–Trinajstić information content (AvgIpc) is 2.80. The van der Waals surface area contributed by atoms with Gasteiger partial charge in [0.1, 0.15) is 0 Å². The van der Waals surface area contributed by atoms with Gasteiger partial charge in [0.25, 0.3) is 0 Å². The van der Waals surface area contributed by atoms with Gasteiger partial charge >= 0.3 is 6.09 Å². The van der Waals surface area contributed by atoms with Crippen LogP contribution in [0.2, 0.25) is 0 Å². The maximum Gasteiger partial charge on any atom is 0.411 e. The summed E-state index contributed by atoms with van der Waals surface area (Å²) in [4.78, 5) is 26.2. The molecular weight excluding hydrogens is 432 g/mol. The van der Waals surface area contributed by atoms with Crippen molar-refractivity contribution in [3.05, 3.63) is 54.1 Å². The maximum absolute atomic E-state index is 12.7. The van der Waals surface area contributed by atoms with Crippen LogP contribution in [0.1, 0.15) is 12.5 Å². The number of hydrogen-bond donors (Lipinski definition) is 2. The lowest BCUT2D eigenvalue weighted by Crippen LogP contribution is -2.51. The molecule has 1 heterocycles. The molecule has 2 N–H and O–H groups in total. The molecule has 10 heteroatoms. The largest absolute Gasteiger partial charge is 0.450 e. The second-order valence-electron chi connectivity index (χ2n) is 7.28. The van der Waals surface area contributed by atoms with E-state index in [4.69, 9.17) is 4.74 Å². The highest BCUT2D eigenvalue weighted by atomic mass is 32.2. The number of benzene rings is 2. The van der Waals surface area contributed by atoms with Crippen molar-refractivity contribution in [2.75, 3.05) is 50.0 Å². The predicted molar refractivity (Wildman–Crippen MR) is 122 cm³/mol. The number of ether oxygens (including phenoxy) is 1. The highest BCUT2D eigenvalue weighted by Gasteiger charge is 2.29. The second kappa shape index (κ2) is 10.5. The molecule has 2 aromatic carbocycles. The number of nitrogens with one attached hydrogen (secondary N) is 2. The summed E-state index contributed by atoms with van der Waals surface area (Å²) in [6.07, 6.45) is -0.535. The number of hydrogen-bond acceptors (Lipinski definition) is 6. The summed E-state index contributed by atoms with van der Waals surface area (Å²) >= 11 is 0. The lowest BCUT2D eigenvalue weighted by Gasteiger charge is -2.34. The van der Waals surface area contributed by atoms with Crippen LogP contribution >= 0.6 is 0 Å². The fraction of sp³-hybridized carbons (Fsp3) is 0.364. The Hall–Kier alpha value is -3.11. The molecular formula is C22H28N4O5S. The molecule has 2 aromatic rings. The van der Waals surface area contributed by atoms with Gasteiger partial charge in [-0.1, -0.05) is 24.3 Å². The van der Waals surface area contributed by atoms with Gasteiger partial charge in [-0.3, -0.25) is 10.1 Å². The van der Waals surface area contributed by atoms with Crippen LogP contribution in [0, 0.1) is 6.92 Å². The van der Waals surface area contributed by atoms with E-state index in [1.165, 1.54) is 4.31 Å². The van der Waals surface area contributed by atoms with Crippen LogP contribution in [0.5, 0.6) is 0 Å². The van der Waals surface area contributed by atoms with E-state index >= 15 is 0 Å². The first-order valence-corrected chi connectivity index (χ1v) is 11.9. The molecule has 32 heavy (non-hydrogen) atoms. The van der Waals surface area contributed by atoms with Crippen LogP contribution in [0.3, 0.4) is 0 Å². The molecule has 0 radical (unpaired) electrons.